The number of nitrogens with zero attached hydrogens (tertiary/aromatic N) is 3. The van der Waals surface area contributed by atoms with Gasteiger partial charge in [-0.25, -0.2) is 9.97 Å². The Morgan fingerprint density at radius 1 is 1.35 bits per heavy atom. The van der Waals surface area contributed by atoms with Crippen molar-refractivity contribution in [2.75, 3.05) is 24.5 Å². The number of nitrogens with one attached hydrogen (secondary N) is 1. The third-order valence-electron chi connectivity index (χ3n) is 3.52. The summed E-state index contributed by atoms with van der Waals surface area (Å²) in [6, 6.07) is 1.68. The number of carbonyl (C=O) groups excluding carboxylic acids is 1. The largest absolute Gasteiger partial charge is 0.351 e. The molecule has 1 aromatic heterocycles. The minimum Gasteiger partial charge on any atom is -0.351 e. The van der Waals surface area contributed by atoms with Crippen molar-refractivity contribution in [3.05, 3.63) is 18.0 Å². The van der Waals surface area contributed by atoms with Crippen LogP contribution in [0.5, 0.6) is 0 Å². The second kappa shape index (κ2) is 7.22. The minimum absolute atomic E-state index is 0.105. The van der Waals surface area contributed by atoms with Crippen molar-refractivity contribution in [3.8, 4) is 0 Å². The van der Waals surface area contributed by atoms with E-state index in [2.05, 4.69) is 34.0 Å². The van der Waals surface area contributed by atoms with E-state index in [-0.39, 0.29) is 5.91 Å². The third kappa shape index (κ3) is 4.18. The first kappa shape index (κ1) is 14.8. The van der Waals surface area contributed by atoms with Gasteiger partial charge in [0.1, 0.15) is 5.69 Å². The molecular formula is C15H24N4O. The molecule has 1 aromatic rings. The fraction of sp³-hybridized carbons (Fsp3) is 0.667. The molecule has 0 bridgehead atoms. The van der Waals surface area contributed by atoms with Gasteiger partial charge in [-0.15, -0.1) is 0 Å². The van der Waals surface area contributed by atoms with E-state index in [4.69, 9.17) is 0 Å². The molecule has 1 fully saturated rings. The standard InChI is InChI=1S/C15H24N4O/c1-12(2)6-8-16-14(20)13-7-9-17-15(18-13)19-10-4-3-5-11-19/h7,9,12H,3-6,8,10-11H2,1-2H3,(H,16,20). The molecule has 1 aliphatic rings. The topological polar surface area (TPSA) is 58.1 Å². The molecule has 0 aromatic carbocycles. The molecule has 0 aliphatic carbocycles. The predicted molar refractivity (Wildman–Crippen MR) is 79.9 cm³/mol. The van der Waals surface area contributed by atoms with Crippen LogP contribution in [0.15, 0.2) is 12.3 Å². The molecule has 2 rings (SSSR count). The highest BCUT2D eigenvalue weighted by atomic mass is 16.1. The van der Waals surface area contributed by atoms with Gasteiger partial charge in [0.15, 0.2) is 0 Å². The summed E-state index contributed by atoms with van der Waals surface area (Å²) in [6.07, 6.45) is 6.28. The van der Waals surface area contributed by atoms with Gasteiger partial charge in [-0.1, -0.05) is 13.8 Å². The summed E-state index contributed by atoms with van der Waals surface area (Å²) in [5, 5.41) is 2.91. The first-order chi connectivity index (χ1) is 9.66. The fourth-order valence-electron chi connectivity index (χ4n) is 2.29. The van der Waals surface area contributed by atoms with Crippen LogP contribution in [0.2, 0.25) is 0 Å². The molecule has 0 radical (unpaired) electrons. The van der Waals surface area contributed by atoms with Crippen LogP contribution < -0.4 is 10.2 Å². The molecule has 110 valence electrons. The summed E-state index contributed by atoms with van der Waals surface area (Å²) in [6.45, 7) is 6.95. The maximum Gasteiger partial charge on any atom is 0.270 e. The van der Waals surface area contributed by atoms with Crippen LogP contribution >= 0.6 is 0 Å². The van der Waals surface area contributed by atoms with E-state index in [9.17, 15) is 4.79 Å². The van der Waals surface area contributed by atoms with Crippen LogP contribution in [0.25, 0.3) is 0 Å². The lowest BCUT2D eigenvalue weighted by Gasteiger charge is -2.26. The van der Waals surface area contributed by atoms with Crippen molar-refractivity contribution in [1.29, 1.82) is 0 Å². The highest BCUT2D eigenvalue weighted by Gasteiger charge is 2.15. The first-order valence-corrected chi connectivity index (χ1v) is 7.53. The minimum atomic E-state index is -0.105. The summed E-state index contributed by atoms with van der Waals surface area (Å²) >= 11 is 0. The van der Waals surface area contributed by atoms with E-state index >= 15 is 0 Å². The van der Waals surface area contributed by atoms with Crippen molar-refractivity contribution in [3.63, 3.8) is 0 Å². The average Bonchev–Trinajstić information content (AvgIpc) is 2.48. The van der Waals surface area contributed by atoms with Crippen LogP contribution in [0.3, 0.4) is 0 Å². The zero-order valence-corrected chi connectivity index (χ0v) is 12.4. The van der Waals surface area contributed by atoms with Gasteiger partial charge in [-0.2, -0.15) is 0 Å². The number of rotatable bonds is 5. The second-order valence-electron chi connectivity index (χ2n) is 5.73. The summed E-state index contributed by atoms with van der Waals surface area (Å²) < 4.78 is 0. The Hall–Kier alpha value is -1.65. The Morgan fingerprint density at radius 3 is 2.80 bits per heavy atom. The Kier molecular flexibility index (Phi) is 5.32. The average molecular weight is 276 g/mol. The van der Waals surface area contributed by atoms with Crippen LogP contribution in [-0.2, 0) is 0 Å². The number of piperidine rings is 1. The Bertz CT molecular complexity index is 441. The van der Waals surface area contributed by atoms with Crippen LogP contribution in [0, 0.1) is 5.92 Å². The smallest absolute Gasteiger partial charge is 0.270 e. The van der Waals surface area contributed by atoms with Gasteiger partial charge in [-0.05, 0) is 37.7 Å². The van der Waals surface area contributed by atoms with Crippen molar-refractivity contribution >= 4 is 11.9 Å². The molecule has 5 nitrogen and oxygen atoms in total. The summed E-state index contributed by atoms with van der Waals surface area (Å²) in [7, 11) is 0. The third-order valence-corrected chi connectivity index (χ3v) is 3.52. The van der Waals surface area contributed by atoms with E-state index in [1.807, 2.05) is 0 Å². The lowest BCUT2D eigenvalue weighted by Crippen LogP contribution is -2.32. The summed E-state index contributed by atoms with van der Waals surface area (Å²) in [4.78, 5) is 22.9. The molecule has 1 N–H and O–H groups in total. The molecule has 0 saturated carbocycles. The Labute approximate surface area is 120 Å². The molecular weight excluding hydrogens is 252 g/mol. The Morgan fingerprint density at radius 2 is 2.10 bits per heavy atom. The number of hydrogen-bond acceptors (Lipinski definition) is 4. The second-order valence-corrected chi connectivity index (χ2v) is 5.73. The monoisotopic (exact) mass is 276 g/mol. The number of amides is 1. The van der Waals surface area contributed by atoms with E-state index in [1.54, 1.807) is 12.3 Å². The van der Waals surface area contributed by atoms with Crippen molar-refractivity contribution in [1.82, 2.24) is 15.3 Å². The molecule has 0 spiro atoms. The molecule has 1 amide bonds. The molecule has 0 unspecified atom stereocenters. The van der Waals surface area contributed by atoms with Crippen LogP contribution in [-0.4, -0.2) is 35.5 Å². The van der Waals surface area contributed by atoms with Gasteiger partial charge in [0.2, 0.25) is 5.95 Å². The number of hydrogen-bond donors (Lipinski definition) is 1. The number of carbonyl (C=O) groups is 1. The predicted octanol–water partition coefficient (Wildman–Crippen LogP) is 2.24. The van der Waals surface area contributed by atoms with E-state index in [0.717, 1.165) is 19.5 Å². The number of anilines is 1. The van der Waals surface area contributed by atoms with Crippen LogP contribution in [0.1, 0.15) is 50.0 Å². The molecule has 0 atom stereocenters. The molecule has 1 saturated heterocycles. The first-order valence-electron chi connectivity index (χ1n) is 7.53. The zero-order valence-electron chi connectivity index (χ0n) is 12.4. The summed E-state index contributed by atoms with van der Waals surface area (Å²) in [5.74, 6) is 1.16. The van der Waals surface area contributed by atoms with Crippen molar-refractivity contribution in [2.45, 2.75) is 39.5 Å². The number of aromatic nitrogens is 2. The van der Waals surface area contributed by atoms with Gasteiger partial charge < -0.3 is 10.2 Å². The zero-order chi connectivity index (χ0) is 14.4. The lowest BCUT2D eigenvalue weighted by atomic mass is 10.1. The van der Waals surface area contributed by atoms with E-state index in [1.165, 1.54) is 19.3 Å². The normalized spacial score (nSPS) is 15.4. The highest BCUT2D eigenvalue weighted by molar-refractivity contribution is 5.92. The Balaban J connectivity index is 1.96. The van der Waals surface area contributed by atoms with E-state index < -0.39 is 0 Å². The van der Waals surface area contributed by atoms with Crippen LogP contribution in [0.4, 0.5) is 5.95 Å². The molecule has 1 aliphatic heterocycles. The fourth-order valence-corrected chi connectivity index (χ4v) is 2.29. The SMILES string of the molecule is CC(C)CCNC(=O)c1ccnc(N2CCCCC2)n1. The maximum atomic E-state index is 12.0. The van der Waals surface area contributed by atoms with Crippen molar-refractivity contribution < 1.29 is 4.79 Å². The molecule has 5 heteroatoms. The van der Waals surface area contributed by atoms with E-state index in [0.29, 0.717) is 24.1 Å². The van der Waals surface area contributed by atoms with Gasteiger partial charge >= 0.3 is 0 Å². The van der Waals surface area contributed by atoms with Gasteiger partial charge in [0.25, 0.3) is 5.91 Å². The van der Waals surface area contributed by atoms with Gasteiger partial charge in [0.05, 0.1) is 0 Å². The summed E-state index contributed by atoms with van der Waals surface area (Å²) in [5.41, 5.74) is 0.462. The highest BCUT2D eigenvalue weighted by Crippen LogP contribution is 2.15. The lowest BCUT2D eigenvalue weighted by molar-refractivity contribution is 0.0947. The van der Waals surface area contributed by atoms with Crippen molar-refractivity contribution in [2.24, 2.45) is 5.92 Å². The quantitative estimate of drug-likeness (QED) is 0.896. The van der Waals surface area contributed by atoms with Gasteiger partial charge in [-0.3, -0.25) is 4.79 Å². The molecule has 2 heterocycles. The maximum absolute atomic E-state index is 12.0. The van der Waals surface area contributed by atoms with Gasteiger partial charge in [0, 0.05) is 25.8 Å². The molecule has 20 heavy (non-hydrogen) atoms.